The second-order valence-electron chi connectivity index (χ2n) is 4.21. The van der Waals surface area contributed by atoms with Crippen molar-refractivity contribution >= 4 is 18.5 Å². The molecule has 0 radical (unpaired) electrons. The van der Waals surface area contributed by atoms with Gasteiger partial charge in [0.25, 0.3) is 0 Å². The van der Waals surface area contributed by atoms with Gasteiger partial charge in [-0.2, -0.15) is 12.6 Å². The Balaban J connectivity index is 2.46. The topological polar surface area (TPSA) is 42.0 Å². The summed E-state index contributed by atoms with van der Waals surface area (Å²) in [5.74, 6) is 0.207. The molecule has 1 unspecified atom stereocenters. The van der Waals surface area contributed by atoms with Gasteiger partial charge in [0.1, 0.15) is 0 Å². The summed E-state index contributed by atoms with van der Waals surface area (Å²) in [7, 11) is 0. The number of carbonyl (C=O) groups is 1. The maximum atomic E-state index is 11.6. The molecular weight excluding hydrogens is 220 g/mol. The molecule has 1 aromatic heterocycles. The SMILES string of the molecule is Cc1ccc(CNC(=O)C(S)C(C)C)cn1. The Morgan fingerprint density at radius 1 is 1.50 bits per heavy atom. The van der Waals surface area contributed by atoms with Gasteiger partial charge in [0.05, 0.1) is 5.25 Å². The van der Waals surface area contributed by atoms with Crippen molar-refractivity contribution in [3.63, 3.8) is 0 Å². The van der Waals surface area contributed by atoms with Crippen molar-refractivity contribution in [2.24, 2.45) is 5.92 Å². The minimum Gasteiger partial charge on any atom is -0.351 e. The summed E-state index contributed by atoms with van der Waals surface area (Å²) >= 11 is 4.25. The number of nitrogens with zero attached hydrogens (tertiary/aromatic N) is 1. The standard InChI is InChI=1S/C12H18N2OS/c1-8(2)11(16)12(15)14-7-10-5-4-9(3)13-6-10/h4-6,8,11,16H,7H2,1-3H3,(H,14,15). The molecule has 0 fully saturated rings. The fourth-order valence-electron chi connectivity index (χ4n) is 1.20. The zero-order valence-electron chi connectivity index (χ0n) is 9.90. The van der Waals surface area contributed by atoms with Crippen LogP contribution in [0.15, 0.2) is 18.3 Å². The molecule has 0 spiro atoms. The van der Waals surface area contributed by atoms with E-state index in [1.54, 1.807) is 6.20 Å². The third-order valence-corrected chi connectivity index (χ3v) is 3.17. The van der Waals surface area contributed by atoms with E-state index in [1.807, 2.05) is 32.9 Å². The first-order chi connectivity index (χ1) is 7.50. The fourth-order valence-corrected chi connectivity index (χ4v) is 1.29. The molecule has 1 heterocycles. The molecule has 0 aliphatic heterocycles. The average Bonchev–Trinajstić information content (AvgIpc) is 2.26. The summed E-state index contributed by atoms with van der Waals surface area (Å²) in [6, 6.07) is 3.90. The van der Waals surface area contributed by atoms with E-state index in [1.165, 1.54) is 0 Å². The number of thiol groups is 1. The lowest BCUT2D eigenvalue weighted by molar-refractivity contribution is -0.121. The van der Waals surface area contributed by atoms with Crippen LogP contribution in [0.3, 0.4) is 0 Å². The van der Waals surface area contributed by atoms with Gasteiger partial charge in [-0.3, -0.25) is 9.78 Å². The summed E-state index contributed by atoms with van der Waals surface area (Å²) in [4.78, 5) is 15.8. The van der Waals surface area contributed by atoms with Crippen LogP contribution in [0.25, 0.3) is 0 Å². The summed E-state index contributed by atoms with van der Waals surface area (Å²) in [5, 5.41) is 2.59. The van der Waals surface area contributed by atoms with Crippen LogP contribution in [0.4, 0.5) is 0 Å². The van der Waals surface area contributed by atoms with Crippen LogP contribution in [-0.2, 0) is 11.3 Å². The largest absolute Gasteiger partial charge is 0.351 e. The number of aromatic nitrogens is 1. The number of nitrogens with one attached hydrogen (secondary N) is 1. The average molecular weight is 238 g/mol. The van der Waals surface area contributed by atoms with Gasteiger partial charge < -0.3 is 5.32 Å². The van der Waals surface area contributed by atoms with Gasteiger partial charge in [0, 0.05) is 18.4 Å². The summed E-state index contributed by atoms with van der Waals surface area (Å²) in [5.41, 5.74) is 1.98. The molecule has 16 heavy (non-hydrogen) atoms. The number of hydrogen-bond acceptors (Lipinski definition) is 3. The first-order valence-electron chi connectivity index (χ1n) is 5.38. The van der Waals surface area contributed by atoms with Crippen LogP contribution < -0.4 is 5.32 Å². The van der Waals surface area contributed by atoms with Crippen molar-refractivity contribution in [3.8, 4) is 0 Å². The Kier molecular flexibility index (Phi) is 4.80. The number of aryl methyl sites for hydroxylation is 1. The second kappa shape index (κ2) is 5.89. The maximum absolute atomic E-state index is 11.6. The molecular formula is C12H18N2OS. The van der Waals surface area contributed by atoms with E-state index in [0.717, 1.165) is 11.3 Å². The van der Waals surface area contributed by atoms with Crippen LogP contribution in [0.5, 0.6) is 0 Å². The fraction of sp³-hybridized carbons (Fsp3) is 0.500. The van der Waals surface area contributed by atoms with E-state index in [4.69, 9.17) is 0 Å². The normalized spacial score (nSPS) is 12.6. The zero-order valence-corrected chi connectivity index (χ0v) is 10.8. The number of hydrogen-bond donors (Lipinski definition) is 2. The summed E-state index contributed by atoms with van der Waals surface area (Å²) in [6.45, 7) is 6.40. The van der Waals surface area contributed by atoms with E-state index in [9.17, 15) is 4.79 Å². The minimum atomic E-state index is -0.251. The van der Waals surface area contributed by atoms with Gasteiger partial charge in [-0.15, -0.1) is 0 Å². The highest BCUT2D eigenvalue weighted by atomic mass is 32.1. The van der Waals surface area contributed by atoms with Crippen LogP contribution in [0.1, 0.15) is 25.1 Å². The summed E-state index contributed by atoms with van der Waals surface area (Å²) < 4.78 is 0. The predicted molar refractivity (Wildman–Crippen MR) is 68.4 cm³/mol. The molecule has 0 saturated carbocycles. The molecule has 0 aliphatic carbocycles. The van der Waals surface area contributed by atoms with E-state index in [0.29, 0.717) is 6.54 Å². The Bertz CT molecular complexity index is 349. The van der Waals surface area contributed by atoms with Crippen LogP contribution >= 0.6 is 12.6 Å². The number of amides is 1. The van der Waals surface area contributed by atoms with E-state index in [-0.39, 0.29) is 17.1 Å². The molecule has 3 nitrogen and oxygen atoms in total. The van der Waals surface area contributed by atoms with Gasteiger partial charge in [-0.05, 0) is 24.5 Å². The van der Waals surface area contributed by atoms with Crippen molar-refractivity contribution in [2.75, 3.05) is 0 Å². The van der Waals surface area contributed by atoms with E-state index in [2.05, 4.69) is 22.9 Å². The predicted octanol–water partition coefficient (Wildman–Crippen LogP) is 1.96. The first-order valence-corrected chi connectivity index (χ1v) is 5.89. The van der Waals surface area contributed by atoms with Gasteiger partial charge in [0.2, 0.25) is 5.91 Å². The van der Waals surface area contributed by atoms with Crippen molar-refractivity contribution in [3.05, 3.63) is 29.6 Å². The Hall–Kier alpha value is -1.03. The molecule has 1 amide bonds. The van der Waals surface area contributed by atoms with Crippen LogP contribution in [0.2, 0.25) is 0 Å². The quantitative estimate of drug-likeness (QED) is 0.787. The molecule has 88 valence electrons. The highest BCUT2D eigenvalue weighted by Gasteiger charge is 2.16. The van der Waals surface area contributed by atoms with Crippen molar-refractivity contribution < 1.29 is 4.79 Å². The Morgan fingerprint density at radius 2 is 2.19 bits per heavy atom. The van der Waals surface area contributed by atoms with Crippen molar-refractivity contribution in [2.45, 2.75) is 32.6 Å². The minimum absolute atomic E-state index is 0.0288. The lowest BCUT2D eigenvalue weighted by Crippen LogP contribution is -2.33. The number of rotatable bonds is 4. The van der Waals surface area contributed by atoms with Crippen molar-refractivity contribution in [1.82, 2.24) is 10.3 Å². The molecule has 1 rings (SSSR count). The van der Waals surface area contributed by atoms with Crippen LogP contribution in [-0.4, -0.2) is 16.1 Å². The lowest BCUT2D eigenvalue weighted by Gasteiger charge is -2.14. The highest BCUT2D eigenvalue weighted by molar-refractivity contribution is 7.81. The molecule has 1 atom stereocenters. The molecule has 1 N–H and O–H groups in total. The molecule has 1 aromatic rings. The first kappa shape index (κ1) is 13.0. The van der Waals surface area contributed by atoms with Crippen LogP contribution in [0, 0.1) is 12.8 Å². The molecule has 0 aliphatic rings. The second-order valence-corrected chi connectivity index (χ2v) is 4.77. The third kappa shape index (κ3) is 3.85. The van der Waals surface area contributed by atoms with Gasteiger partial charge >= 0.3 is 0 Å². The molecule has 0 saturated heterocycles. The van der Waals surface area contributed by atoms with Gasteiger partial charge in [0.15, 0.2) is 0 Å². The monoisotopic (exact) mass is 238 g/mol. The highest BCUT2D eigenvalue weighted by Crippen LogP contribution is 2.09. The van der Waals surface area contributed by atoms with E-state index >= 15 is 0 Å². The molecule has 4 heteroatoms. The lowest BCUT2D eigenvalue weighted by atomic mass is 10.1. The number of pyridine rings is 1. The van der Waals surface area contributed by atoms with Crippen molar-refractivity contribution in [1.29, 1.82) is 0 Å². The zero-order chi connectivity index (χ0) is 12.1. The molecule has 0 aromatic carbocycles. The van der Waals surface area contributed by atoms with Gasteiger partial charge in [-0.1, -0.05) is 19.9 Å². The van der Waals surface area contributed by atoms with E-state index < -0.39 is 0 Å². The Labute approximate surface area is 102 Å². The number of carbonyl (C=O) groups excluding carboxylic acids is 1. The summed E-state index contributed by atoms with van der Waals surface area (Å²) in [6.07, 6.45) is 1.78. The maximum Gasteiger partial charge on any atom is 0.233 e. The third-order valence-electron chi connectivity index (χ3n) is 2.34. The Morgan fingerprint density at radius 3 is 2.69 bits per heavy atom. The molecule has 0 bridgehead atoms. The smallest absolute Gasteiger partial charge is 0.233 e. The van der Waals surface area contributed by atoms with Gasteiger partial charge in [-0.25, -0.2) is 0 Å².